The van der Waals surface area contributed by atoms with Gasteiger partial charge in [0.1, 0.15) is 0 Å². The molecule has 1 aromatic carbocycles. The summed E-state index contributed by atoms with van der Waals surface area (Å²) in [7, 11) is 0. The number of likely N-dealkylation sites (tertiary alicyclic amines) is 1. The summed E-state index contributed by atoms with van der Waals surface area (Å²) in [5.74, 6) is 0.755. The van der Waals surface area contributed by atoms with E-state index in [1.165, 1.54) is 0 Å². The Morgan fingerprint density at radius 1 is 1.13 bits per heavy atom. The van der Waals surface area contributed by atoms with Crippen LogP contribution >= 0.6 is 11.6 Å². The molecular formula is C24H32ClN3O2. The van der Waals surface area contributed by atoms with Gasteiger partial charge in [0, 0.05) is 47.7 Å². The Hall–Kier alpha value is -2.27. The fourth-order valence-corrected chi connectivity index (χ4v) is 4.24. The third-order valence-electron chi connectivity index (χ3n) is 5.92. The molecule has 2 aromatic rings. The molecule has 1 fully saturated rings. The zero-order valence-electron chi connectivity index (χ0n) is 18.4. The predicted octanol–water partition coefficient (Wildman–Crippen LogP) is 4.76. The highest BCUT2D eigenvalue weighted by molar-refractivity contribution is 6.30. The summed E-state index contributed by atoms with van der Waals surface area (Å²) in [4.78, 5) is 27.4. The van der Waals surface area contributed by atoms with Crippen molar-refractivity contribution in [3.8, 4) is 5.69 Å². The van der Waals surface area contributed by atoms with E-state index >= 15 is 0 Å². The number of hydrogen-bond acceptors (Lipinski definition) is 2. The van der Waals surface area contributed by atoms with Crippen molar-refractivity contribution >= 4 is 23.4 Å². The molecule has 0 atom stereocenters. The first-order valence-electron chi connectivity index (χ1n) is 10.8. The predicted molar refractivity (Wildman–Crippen MR) is 121 cm³/mol. The standard InChI is InChI=1S/C24H32ClN3O2/c1-16(2)9-12-26-23(29)19-10-13-27(14-11-19)24(30)22-15-17(3)28(18(22)4)21-7-5-20(25)6-8-21/h5-8,15-16,19H,9-14H2,1-4H3,(H,26,29). The Bertz CT molecular complexity index is 894. The van der Waals surface area contributed by atoms with Gasteiger partial charge in [-0.3, -0.25) is 9.59 Å². The number of nitrogens with one attached hydrogen (secondary N) is 1. The summed E-state index contributed by atoms with van der Waals surface area (Å²) in [5.41, 5.74) is 3.65. The largest absolute Gasteiger partial charge is 0.356 e. The van der Waals surface area contributed by atoms with Crippen molar-refractivity contribution in [1.29, 1.82) is 0 Å². The number of carbonyl (C=O) groups excluding carboxylic acids is 2. The Kier molecular flexibility index (Phi) is 7.24. The maximum Gasteiger partial charge on any atom is 0.255 e. The number of halogens is 1. The van der Waals surface area contributed by atoms with Gasteiger partial charge in [-0.05, 0) is 69.4 Å². The number of benzene rings is 1. The van der Waals surface area contributed by atoms with E-state index in [4.69, 9.17) is 11.6 Å². The number of nitrogens with zero attached hydrogens (tertiary/aromatic N) is 2. The summed E-state index contributed by atoms with van der Waals surface area (Å²) in [6.07, 6.45) is 2.43. The van der Waals surface area contributed by atoms with Gasteiger partial charge in [-0.25, -0.2) is 0 Å². The van der Waals surface area contributed by atoms with Crippen molar-refractivity contribution in [3.05, 3.63) is 52.3 Å². The molecule has 1 saturated heterocycles. The van der Waals surface area contributed by atoms with Crippen LogP contribution < -0.4 is 5.32 Å². The Morgan fingerprint density at radius 2 is 1.77 bits per heavy atom. The smallest absolute Gasteiger partial charge is 0.255 e. The van der Waals surface area contributed by atoms with Crippen LogP contribution in [0.3, 0.4) is 0 Å². The van der Waals surface area contributed by atoms with E-state index in [-0.39, 0.29) is 17.7 Å². The lowest BCUT2D eigenvalue weighted by atomic mass is 9.95. The molecule has 0 aliphatic carbocycles. The molecule has 0 radical (unpaired) electrons. The lowest BCUT2D eigenvalue weighted by Crippen LogP contribution is -2.43. The van der Waals surface area contributed by atoms with Gasteiger partial charge in [0.25, 0.3) is 5.91 Å². The molecule has 1 aliphatic heterocycles. The Labute approximate surface area is 184 Å². The average molecular weight is 430 g/mol. The normalized spacial score (nSPS) is 14.9. The van der Waals surface area contributed by atoms with Crippen LogP contribution in [0.5, 0.6) is 0 Å². The number of carbonyl (C=O) groups is 2. The van der Waals surface area contributed by atoms with Gasteiger partial charge in [-0.15, -0.1) is 0 Å². The molecule has 0 saturated carbocycles. The topological polar surface area (TPSA) is 54.3 Å². The highest BCUT2D eigenvalue weighted by Gasteiger charge is 2.29. The minimum Gasteiger partial charge on any atom is -0.356 e. The van der Waals surface area contributed by atoms with E-state index in [0.717, 1.165) is 48.4 Å². The average Bonchev–Trinajstić information content (AvgIpc) is 3.02. The number of rotatable bonds is 6. The van der Waals surface area contributed by atoms with Gasteiger partial charge < -0.3 is 14.8 Å². The molecular weight excluding hydrogens is 398 g/mol. The van der Waals surface area contributed by atoms with Crippen LogP contribution in [0.1, 0.15) is 54.9 Å². The lowest BCUT2D eigenvalue weighted by Gasteiger charge is -2.31. The van der Waals surface area contributed by atoms with Gasteiger partial charge in [-0.2, -0.15) is 0 Å². The second-order valence-electron chi connectivity index (χ2n) is 8.64. The molecule has 1 N–H and O–H groups in total. The number of piperidine rings is 1. The molecule has 3 rings (SSSR count). The van der Waals surface area contributed by atoms with E-state index in [9.17, 15) is 9.59 Å². The number of amides is 2. The number of aromatic nitrogens is 1. The van der Waals surface area contributed by atoms with Crippen molar-refractivity contribution < 1.29 is 9.59 Å². The van der Waals surface area contributed by atoms with Gasteiger partial charge >= 0.3 is 0 Å². The van der Waals surface area contributed by atoms with Crippen molar-refractivity contribution in [3.63, 3.8) is 0 Å². The van der Waals surface area contributed by atoms with Crippen LogP contribution in [-0.4, -0.2) is 40.9 Å². The molecule has 0 spiro atoms. The first kappa shape index (κ1) is 22.4. The molecule has 2 heterocycles. The quantitative estimate of drug-likeness (QED) is 0.719. The van der Waals surface area contributed by atoms with Crippen molar-refractivity contribution in [2.24, 2.45) is 11.8 Å². The molecule has 6 heteroatoms. The van der Waals surface area contributed by atoms with Crippen molar-refractivity contribution in [1.82, 2.24) is 14.8 Å². The van der Waals surface area contributed by atoms with Gasteiger partial charge in [0.2, 0.25) is 5.91 Å². The van der Waals surface area contributed by atoms with Crippen molar-refractivity contribution in [2.45, 2.75) is 47.0 Å². The van der Waals surface area contributed by atoms with Crippen LogP contribution in [0.25, 0.3) is 5.69 Å². The lowest BCUT2D eigenvalue weighted by molar-refractivity contribution is -0.126. The zero-order chi connectivity index (χ0) is 21.8. The second-order valence-corrected chi connectivity index (χ2v) is 9.07. The first-order valence-corrected chi connectivity index (χ1v) is 11.2. The summed E-state index contributed by atoms with van der Waals surface area (Å²) in [6.45, 7) is 10.2. The number of aryl methyl sites for hydroxylation is 1. The van der Waals surface area contributed by atoms with Crippen LogP contribution in [0.15, 0.2) is 30.3 Å². The minimum absolute atomic E-state index is 0.00251. The van der Waals surface area contributed by atoms with Gasteiger partial charge in [0.15, 0.2) is 0 Å². The van der Waals surface area contributed by atoms with E-state index in [1.54, 1.807) is 0 Å². The zero-order valence-corrected chi connectivity index (χ0v) is 19.1. The SMILES string of the molecule is Cc1cc(C(=O)N2CCC(C(=O)NCCC(C)C)CC2)c(C)n1-c1ccc(Cl)cc1. The second kappa shape index (κ2) is 9.69. The summed E-state index contributed by atoms with van der Waals surface area (Å²) in [6, 6.07) is 9.58. The van der Waals surface area contributed by atoms with Crippen LogP contribution in [0.2, 0.25) is 5.02 Å². The summed E-state index contributed by atoms with van der Waals surface area (Å²) >= 11 is 6.01. The molecule has 1 aromatic heterocycles. The minimum atomic E-state index is 0.00251. The maximum atomic E-state index is 13.2. The molecule has 0 unspecified atom stereocenters. The fraction of sp³-hybridized carbons (Fsp3) is 0.500. The maximum absolute atomic E-state index is 13.2. The van der Waals surface area contributed by atoms with Gasteiger partial charge in [-0.1, -0.05) is 25.4 Å². The van der Waals surface area contributed by atoms with E-state index in [0.29, 0.717) is 24.0 Å². The van der Waals surface area contributed by atoms with Crippen molar-refractivity contribution in [2.75, 3.05) is 19.6 Å². The van der Waals surface area contributed by atoms with E-state index in [2.05, 4.69) is 23.7 Å². The fourth-order valence-electron chi connectivity index (χ4n) is 4.11. The van der Waals surface area contributed by atoms with E-state index in [1.807, 2.05) is 49.1 Å². The van der Waals surface area contributed by atoms with Crippen LogP contribution in [0.4, 0.5) is 0 Å². The molecule has 162 valence electrons. The van der Waals surface area contributed by atoms with Crippen LogP contribution in [0, 0.1) is 25.7 Å². The first-order chi connectivity index (χ1) is 14.3. The third-order valence-corrected chi connectivity index (χ3v) is 6.17. The Morgan fingerprint density at radius 3 is 2.37 bits per heavy atom. The molecule has 2 amide bonds. The highest BCUT2D eigenvalue weighted by atomic mass is 35.5. The monoisotopic (exact) mass is 429 g/mol. The number of hydrogen-bond donors (Lipinski definition) is 1. The summed E-state index contributed by atoms with van der Waals surface area (Å²) < 4.78 is 2.08. The molecule has 0 bridgehead atoms. The Balaban J connectivity index is 1.64. The third kappa shape index (κ3) is 5.07. The van der Waals surface area contributed by atoms with Crippen LogP contribution in [-0.2, 0) is 4.79 Å². The summed E-state index contributed by atoms with van der Waals surface area (Å²) in [5, 5.41) is 3.73. The molecule has 30 heavy (non-hydrogen) atoms. The highest BCUT2D eigenvalue weighted by Crippen LogP contribution is 2.25. The van der Waals surface area contributed by atoms with E-state index < -0.39 is 0 Å². The molecule has 1 aliphatic rings. The molecule has 5 nitrogen and oxygen atoms in total. The van der Waals surface area contributed by atoms with Gasteiger partial charge in [0.05, 0.1) is 5.56 Å².